The zero-order chi connectivity index (χ0) is 11.4. The van der Waals surface area contributed by atoms with Crippen molar-refractivity contribution in [3.05, 3.63) is 34.0 Å². The quantitative estimate of drug-likeness (QED) is 0.786. The van der Waals surface area contributed by atoms with Crippen molar-refractivity contribution in [2.75, 3.05) is 0 Å². The van der Waals surface area contributed by atoms with E-state index in [-0.39, 0.29) is 5.91 Å². The summed E-state index contributed by atoms with van der Waals surface area (Å²) >= 11 is 1.58. The summed E-state index contributed by atoms with van der Waals surface area (Å²) in [5, 5.41) is 5.28. The van der Waals surface area contributed by atoms with Crippen LogP contribution in [-0.2, 0) is 6.54 Å². The van der Waals surface area contributed by atoms with Crippen molar-refractivity contribution in [2.45, 2.75) is 31.8 Å². The summed E-state index contributed by atoms with van der Waals surface area (Å²) in [6, 6.07) is 2.35. The average molecular weight is 236 g/mol. The van der Waals surface area contributed by atoms with E-state index in [9.17, 15) is 4.79 Å². The third-order valence-electron chi connectivity index (χ3n) is 2.73. The molecule has 1 aromatic heterocycles. The summed E-state index contributed by atoms with van der Waals surface area (Å²) in [5.41, 5.74) is 5.81. The van der Waals surface area contributed by atoms with Gasteiger partial charge in [0.1, 0.15) is 0 Å². The van der Waals surface area contributed by atoms with E-state index in [1.807, 2.05) is 11.4 Å². The van der Waals surface area contributed by atoms with Gasteiger partial charge in [-0.25, -0.2) is 0 Å². The molecule has 3 nitrogen and oxygen atoms in total. The first-order valence-corrected chi connectivity index (χ1v) is 6.41. The third kappa shape index (κ3) is 2.93. The first-order valence-electron chi connectivity index (χ1n) is 5.53. The number of rotatable bonds is 4. The topological polar surface area (TPSA) is 55.1 Å². The van der Waals surface area contributed by atoms with Crippen molar-refractivity contribution in [1.29, 1.82) is 0 Å². The summed E-state index contributed by atoms with van der Waals surface area (Å²) < 4.78 is 0. The van der Waals surface area contributed by atoms with Crippen LogP contribution in [0.1, 0.15) is 34.5 Å². The molecule has 1 aliphatic carbocycles. The standard InChI is InChI=1S/C12H16N2OS/c13-12(15)9-6-11(16-8-9)7-14-10-4-2-1-3-5-10/h2,4,6,8,10,14H,1,3,5,7H2,(H2,13,15). The molecule has 0 spiro atoms. The Kier molecular flexibility index (Phi) is 3.74. The Balaban J connectivity index is 1.86. The maximum absolute atomic E-state index is 10.9. The Bertz CT molecular complexity index is 397. The normalized spacial score (nSPS) is 19.9. The number of nitrogens with two attached hydrogens (primary N) is 1. The van der Waals surface area contributed by atoms with E-state index in [0.29, 0.717) is 11.6 Å². The molecule has 0 fully saturated rings. The maximum atomic E-state index is 10.9. The van der Waals surface area contributed by atoms with Gasteiger partial charge in [0.2, 0.25) is 5.91 Å². The first-order chi connectivity index (χ1) is 7.75. The minimum absolute atomic E-state index is 0.347. The van der Waals surface area contributed by atoms with Crippen LogP contribution in [0.4, 0.5) is 0 Å². The molecule has 1 unspecified atom stereocenters. The Morgan fingerprint density at radius 3 is 3.12 bits per heavy atom. The molecular weight excluding hydrogens is 220 g/mol. The average Bonchev–Trinajstić information content (AvgIpc) is 2.76. The molecule has 0 aromatic carbocycles. The number of carbonyl (C=O) groups excluding carboxylic acids is 1. The van der Waals surface area contributed by atoms with Crippen LogP contribution in [0.15, 0.2) is 23.6 Å². The lowest BCUT2D eigenvalue weighted by Gasteiger charge is -2.17. The summed E-state index contributed by atoms with van der Waals surface area (Å²) in [6.07, 6.45) is 8.11. The lowest BCUT2D eigenvalue weighted by atomic mass is 10.0. The Labute approximate surface area is 99.3 Å². The van der Waals surface area contributed by atoms with Crippen LogP contribution in [0.5, 0.6) is 0 Å². The molecule has 1 amide bonds. The van der Waals surface area contributed by atoms with Gasteiger partial charge in [0.15, 0.2) is 0 Å². The zero-order valence-electron chi connectivity index (χ0n) is 9.11. The van der Waals surface area contributed by atoms with Gasteiger partial charge in [-0.05, 0) is 25.3 Å². The number of primary amides is 1. The fourth-order valence-electron chi connectivity index (χ4n) is 1.82. The van der Waals surface area contributed by atoms with Crippen LogP contribution in [0.2, 0.25) is 0 Å². The second kappa shape index (κ2) is 5.27. The van der Waals surface area contributed by atoms with Crippen molar-refractivity contribution in [2.24, 2.45) is 5.73 Å². The van der Waals surface area contributed by atoms with Gasteiger partial charge in [-0.15, -0.1) is 11.3 Å². The van der Waals surface area contributed by atoms with Crippen molar-refractivity contribution in [3.8, 4) is 0 Å². The van der Waals surface area contributed by atoms with Gasteiger partial charge in [-0.2, -0.15) is 0 Å². The highest BCUT2D eigenvalue weighted by Gasteiger charge is 2.09. The number of nitrogens with one attached hydrogen (secondary N) is 1. The van der Waals surface area contributed by atoms with E-state index in [4.69, 9.17) is 5.73 Å². The number of thiophene rings is 1. The van der Waals surface area contributed by atoms with Crippen LogP contribution in [0.25, 0.3) is 0 Å². The molecule has 1 atom stereocenters. The molecule has 1 aliphatic rings. The SMILES string of the molecule is NC(=O)c1csc(CNC2C=CCCC2)c1. The first kappa shape index (κ1) is 11.4. The van der Waals surface area contributed by atoms with E-state index in [2.05, 4.69) is 17.5 Å². The maximum Gasteiger partial charge on any atom is 0.249 e. The Morgan fingerprint density at radius 1 is 1.62 bits per heavy atom. The summed E-state index contributed by atoms with van der Waals surface area (Å²) in [5.74, 6) is -0.347. The highest BCUT2D eigenvalue weighted by Crippen LogP contribution is 2.16. The number of hydrogen-bond donors (Lipinski definition) is 2. The molecular formula is C12H16N2OS. The minimum atomic E-state index is -0.347. The molecule has 1 aromatic rings. The van der Waals surface area contributed by atoms with Crippen molar-refractivity contribution >= 4 is 17.2 Å². The molecule has 0 radical (unpaired) electrons. The largest absolute Gasteiger partial charge is 0.366 e. The molecule has 0 saturated carbocycles. The molecule has 16 heavy (non-hydrogen) atoms. The van der Waals surface area contributed by atoms with Gasteiger partial charge in [-0.1, -0.05) is 12.2 Å². The van der Waals surface area contributed by atoms with Gasteiger partial charge >= 0.3 is 0 Å². The van der Waals surface area contributed by atoms with Gasteiger partial charge in [0, 0.05) is 22.8 Å². The molecule has 86 valence electrons. The summed E-state index contributed by atoms with van der Waals surface area (Å²) in [4.78, 5) is 12.1. The van der Waals surface area contributed by atoms with Gasteiger partial charge < -0.3 is 11.1 Å². The van der Waals surface area contributed by atoms with Gasteiger partial charge in [-0.3, -0.25) is 4.79 Å². The predicted molar refractivity (Wildman–Crippen MR) is 66.5 cm³/mol. The Hall–Kier alpha value is -1.13. The molecule has 0 bridgehead atoms. The van der Waals surface area contributed by atoms with Crippen LogP contribution in [0, 0.1) is 0 Å². The zero-order valence-corrected chi connectivity index (χ0v) is 9.93. The van der Waals surface area contributed by atoms with Crippen LogP contribution < -0.4 is 11.1 Å². The second-order valence-corrected chi connectivity index (χ2v) is 5.01. The van der Waals surface area contributed by atoms with Crippen LogP contribution >= 0.6 is 11.3 Å². The lowest BCUT2D eigenvalue weighted by molar-refractivity contribution is 0.100. The highest BCUT2D eigenvalue weighted by atomic mass is 32.1. The van der Waals surface area contributed by atoms with E-state index in [1.165, 1.54) is 19.3 Å². The van der Waals surface area contributed by atoms with Crippen LogP contribution in [-0.4, -0.2) is 11.9 Å². The summed E-state index contributed by atoms with van der Waals surface area (Å²) in [7, 11) is 0. The number of allylic oxidation sites excluding steroid dienone is 1. The van der Waals surface area contributed by atoms with E-state index < -0.39 is 0 Å². The molecule has 4 heteroatoms. The molecule has 0 aliphatic heterocycles. The van der Waals surface area contributed by atoms with E-state index >= 15 is 0 Å². The van der Waals surface area contributed by atoms with Crippen molar-refractivity contribution in [1.82, 2.24) is 5.32 Å². The third-order valence-corrected chi connectivity index (χ3v) is 3.67. The van der Waals surface area contributed by atoms with Gasteiger partial charge in [0.25, 0.3) is 0 Å². The fourth-order valence-corrected chi connectivity index (χ4v) is 2.64. The molecule has 0 saturated heterocycles. The monoisotopic (exact) mass is 236 g/mol. The number of hydrogen-bond acceptors (Lipinski definition) is 3. The smallest absolute Gasteiger partial charge is 0.249 e. The van der Waals surface area contributed by atoms with E-state index in [0.717, 1.165) is 11.4 Å². The number of carbonyl (C=O) groups is 1. The highest BCUT2D eigenvalue weighted by molar-refractivity contribution is 7.10. The number of amides is 1. The van der Waals surface area contributed by atoms with E-state index in [1.54, 1.807) is 11.3 Å². The van der Waals surface area contributed by atoms with Gasteiger partial charge in [0.05, 0.1) is 5.56 Å². The predicted octanol–water partition coefficient (Wildman–Crippen LogP) is 2.05. The summed E-state index contributed by atoms with van der Waals surface area (Å²) in [6.45, 7) is 0.812. The van der Waals surface area contributed by atoms with Crippen molar-refractivity contribution in [3.63, 3.8) is 0 Å². The van der Waals surface area contributed by atoms with Crippen molar-refractivity contribution < 1.29 is 4.79 Å². The second-order valence-electron chi connectivity index (χ2n) is 4.01. The Morgan fingerprint density at radius 2 is 2.50 bits per heavy atom. The minimum Gasteiger partial charge on any atom is -0.366 e. The molecule has 1 heterocycles. The lowest BCUT2D eigenvalue weighted by Crippen LogP contribution is -2.27. The fraction of sp³-hybridized carbons (Fsp3) is 0.417. The molecule has 2 rings (SSSR count). The molecule has 3 N–H and O–H groups in total. The van der Waals surface area contributed by atoms with Crippen LogP contribution in [0.3, 0.4) is 0 Å².